The number of nitrogens with zero attached hydrogens (tertiary/aromatic N) is 2. The van der Waals surface area contributed by atoms with Crippen LogP contribution in [0.1, 0.15) is 12.8 Å². The third-order valence-corrected chi connectivity index (χ3v) is 3.37. The molecule has 1 aliphatic rings. The summed E-state index contributed by atoms with van der Waals surface area (Å²) in [6.45, 7) is 5.80. The van der Waals surface area contributed by atoms with E-state index in [-0.39, 0.29) is 5.82 Å². The molecule has 1 fully saturated rings. The first-order valence-corrected chi connectivity index (χ1v) is 6.22. The van der Waals surface area contributed by atoms with Gasteiger partial charge in [0.1, 0.15) is 11.3 Å². The molecule has 0 unspecified atom stereocenters. The first-order valence-electron chi connectivity index (χ1n) is 6.22. The van der Waals surface area contributed by atoms with Crippen LogP contribution in [-0.2, 0) is 6.54 Å². The molecule has 3 rings (SSSR count). The molecule has 18 heavy (non-hydrogen) atoms. The lowest BCUT2D eigenvalue weighted by Gasteiger charge is -2.32. The lowest BCUT2D eigenvalue weighted by Crippen LogP contribution is -2.49. The minimum atomic E-state index is -0.280. The molecule has 1 N–H and O–H groups in total. The summed E-state index contributed by atoms with van der Waals surface area (Å²) in [6, 6.07) is 4.89. The highest BCUT2D eigenvalue weighted by Gasteiger charge is 2.20. The third-order valence-electron chi connectivity index (χ3n) is 3.37. The second-order valence-electron chi connectivity index (χ2n) is 4.74. The van der Waals surface area contributed by atoms with Gasteiger partial charge in [0.05, 0.1) is 6.54 Å². The van der Waals surface area contributed by atoms with Crippen molar-refractivity contribution in [3.8, 4) is 0 Å². The van der Waals surface area contributed by atoms with Gasteiger partial charge in [-0.25, -0.2) is 9.37 Å². The lowest BCUT2D eigenvalue weighted by atomic mass is 10.2. The standard InChI is InChI=1S/C13H16FN3O/c1-9-7-15-4-5-17(9)8-13-16-11-6-10(14)2-3-12(11)18-13/h2-3,6,9,15H,4-5,7-8H2,1H3/t9-/m1/s1. The van der Waals surface area contributed by atoms with Gasteiger partial charge in [-0.15, -0.1) is 0 Å². The fraction of sp³-hybridized carbons (Fsp3) is 0.462. The van der Waals surface area contributed by atoms with E-state index in [1.807, 2.05) is 0 Å². The molecule has 0 bridgehead atoms. The van der Waals surface area contributed by atoms with Crippen molar-refractivity contribution in [1.29, 1.82) is 0 Å². The Bertz CT molecular complexity index is 554. The van der Waals surface area contributed by atoms with Gasteiger partial charge < -0.3 is 9.73 Å². The molecule has 1 saturated heterocycles. The van der Waals surface area contributed by atoms with Crippen molar-refractivity contribution < 1.29 is 8.81 Å². The second kappa shape index (κ2) is 4.66. The van der Waals surface area contributed by atoms with Crippen LogP contribution in [0.25, 0.3) is 11.1 Å². The molecule has 0 radical (unpaired) electrons. The zero-order valence-electron chi connectivity index (χ0n) is 10.3. The summed E-state index contributed by atoms with van der Waals surface area (Å²) in [5, 5.41) is 3.34. The van der Waals surface area contributed by atoms with Crippen LogP contribution in [-0.4, -0.2) is 35.6 Å². The van der Waals surface area contributed by atoms with Gasteiger partial charge in [0.15, 0.2) is 5.58 Å². The quantitative estimate of drug-likeness (QED) is 0.880. The van der Waals surface area contributed by atoms with Crippen molar-refractivity contribution in [1.82, 2.24) is 15.2 Å². The van der Waals surface area contributed by atoms with E-state index >= 15 is 0 Å². The Balaban J connectivity index is 1.81. The summed E-state index contributed by atoms with van der Waals surface area (Å²) in [7, 11) is 0. The summed E-state index contributed by atoms with van der Waals surface area (Å²) >= 11 is 0. The Kier molecular flexibility index (Phi) is 3.01. The number of hydrogen-bond donors (Lipinski definition) is 1. The van der Waals surface area contributed by atoms with Gasteiger partial charge in [0.2, 0.25) is 5.89 Å². The van der Waals surface area contributed by atoms with E-state index < -0.39 is 0 Å². The van der Waals surface area contributed by atoms with E-state index in [1.54, 1.807) is 6.07 Å². The molecule has 0 spiro atoms. The van der Waals surface area contributed by atoms with E-state index in [1.165, 1.54) is 12.1 Å². The molecule has 0 aliphatic carbocycles. The van der Waals surface area contributed by atoms with E-state index in [9.17, 15) is 4.39 Å². The number of fused-ring (bicyclic) bond motifs is 1. The smallest absolute Gasteiger partial charge is 0.209 e. The summed E-state index contributed by atoms with van der Waals surface area (Å²) in [5.41, 5.74) is 1.24. The average molecular weight is 249 g/mol. The second-order valence-corrected chi connectivity index (χ2v) is 4.74. The zero-order chi connectivity index (χ0) is 12.5. The highest BCUT2D eigenvalue weighted by Crippen LogP contribution is 2.18. The van der Waals surface area contributed by atoms with Crippen LogP contribution in [0.15, 0.2) is 22.6 Å². The molecular weight excluding hydrogens is 233 g/mol. The van der Waals surface area contributed by atoms with Gasteiger partial charge in [-0.1, -0.05) is 0 Å². The molecule has 4 nitrogen and oxygen atoms in total. The largest absolute Gasteiger partial charge is 0.439 e. The number of halogens is 1. The topological polar surface area (TPSA) is 41.3 Å². The Morgan fingerprint density at radius 1 is 1.56 bits per heavy atom. The SMILES string of the molecule is C[C@@H]1CNCCN1Cc1nc2cc(F)ccc2o1. The number of aromatic nitrogens is 1. The summed E-state index contributed by atoms with van der Waals surface area (Å²) in [6.07, 6.45) is 0. The Labute approximate surface area is 105 Å². The number of benzene rings is 1. The van der Waals surface area contributed by atoms with Crippen LogP contribution >= 0.6 is 0 Å². The number of rotatable bonds is 2. The van der Waals surface area contributed by atoms with Crippen molar-refractivity contribution >= 4 is 11.1 Å². The van der Waals surface area contributed by atoms with Crippen LogP contribution < -0.4 is 5.32 Å². The third kappa shape index (κ3) is 2.23. The van der Waals surface area contributed by atoms with E-state index in [4.69, 9.17) is 4.42 Å². The number of piperazine rings is 1. The van der Waals surface area contributed by atoms with Crippen LogP contribution in [0, 0.1) is 5.82 Å². The molecule has 1 aromatic heterocycles. The van der Waals surface area contributed by atoms with E-state index in [2.05, 4.69) is 22.1 Å². The molecule has 2 heterocycles. The van der Waals surface area contributed by atoms with Crippen molar-refractivity contribution in [2.24, 2.45) is 0 Å². The molecule has 0 amide bonds. The minimum Gasteiger partial charge on any atom is -0.439 e. The van der Waals surface area contributed by atoms with Gasteiger partial charge in [-0.3, -0.25) is 4.90 Å². The van der Waals surface area contributed by atoms with Crippen LogP contribution in [0.3, 0.4) is 0 Å². The molecule has 5 heteroatoms. The Morgan fingerprint density at radius 3 is 3.28 bits per heavy atom. The van der Waals surface area contributed by atoms with Crippen LogP contribution in [0.5, 0.6) is 0 Å². The van der Waals surface area contributed by atoms with E-state index in [0.29, 0.717) is 29.6 Å². The predicted molar refractivity (Wildman–Crippen MR) is 66.7 cm³/mol. The van der Waals surface area contributed by atoms with Crippen molar-refractivity contribution in [3.05, 3.63) is 29.9 Å². The average Bonchev–Trinajstić information content (AvgIpc) is 2.73. The normalized spacial score (nSPS) is 21.6. The van der Waals surface area contributed by atoms with Gasteiger partial charge in [0.25, 0.3) is 0 Å². The monoisotopic (exact) mass is 249 g/mol. The van der Waals surface area contributed by atoms with Crippen LogP contribution in [0.4, 0.5) is 4.39 Å². The summed E-state index contributed by atoms with van der Waals surface area (Å²) in [5.74, 6) is 0.377. The zero-order valence-corrected chi connectivity index (χ0v) is 10.3. The maximum atomic E-state index is 13.1. The van der Waals surface area contributed by atoms with Gasteiger partial charge >= 0.3 is 0 Å². The highest BCUT2D eigenvalue weighted by atomic mass is 19.1. The molecule has 0 saturated carbocycles. The lowest BCUT2D eigenvalue weighted by molar-refractivity contribution is 0.152. The van der Waals surface area contributed by atoms with E-state index in [0.717, 1.165) is 19.6 Å². The van der Waals surface area contributed by atoms with Crippen molar-refractivity contribution in [3.63, 3.8) is 0 Å². The fourth-order valence-electron chi connectivity index (χ4n) is 2.31. The maximum Gasteiger partial charge on any atom is 0.209 e. The Morgan fingerprint density at radius 2 is 2.44 bits per heavy atom. The highest BCUT2D eigenvalue weighted by molar-refractivity contribution is 5.72. The molecular formula is C13H16FN3O. The number of hydrogen-bond acceptors (Lipinski definition) is 4. The number of nitrogens with one attached hydrogen (secondary N) is 1. The molecule has 2 aromatic rings. The predicted octanol–water partition coefficient (Wildman–Crippen LogP) is 1.76. The Hall–Kier alpha value is -1.46. The van der Waals surface area contributed by atoms with Gasteiger partial charge in [0, 0.05) is 31.7 Å². The first-order chi connectivity index (χ1) is 8.72. The molecule has 1 atom stereocenters. The van der Waals surface area contributed by atoms with Gasteiger partial charge in [-0.2, -0.15) is 0 Å². The van der Waals surface area contributed by atoms with Crippen molar-refractivity contribution in [2.45, 2.75) is 19.5 Å². The summed E-state index contributed by atoms with van der Waals surface area (Å²) in [4.78, 5) is 6.65. The molecule has 1 aliphatic heterocycles. The fourth-order valence-corrected chi connectivity index (χ4v) is 2.31. The molecule has 1 aromatic carbocycles. The minimum absolute atomic E-state index is 0.280. The summed E-state index contributed by atoms with van der Waals surface area (Å²) < 4.78 is 18.7. The van der Waals surface area contributed by atoms with Crippen molar-refractivity contribution in [2.75, 3.05) is 19.6 Å². The van der Waals surface area contributed by atoms with Crippen LogP contribution in [0.2, 0.25) is 0 Å². The van der Waals surface area contributed by atoms with Gasteiger partial charge in [-0.05, 0) is 19.1 Å². The number of oxazole rings is 1. The maximum absolute atomic E-state index is 13.1. The first kappa shape index (κ1) is 11.6. The molecule has 96 valence electrons.